The van der Waals surface area contributed by atoms with Gasteiger partial charge in [0.2, 0.25) is 0 Å². The lowest BCUT2D eigenvalue weighted by Gasteiger charge is -2.47. The van der Waals surface area contributed by atoms with Crippen LogP contribution in [0.15, 0.2) is 36.4 Å². The molecule has 162 valence electrons. The molecule has 2 fully saturated rings. The molecule has 0 aliphatic carbocycles. The largest absolute Gasteiger partial charge is 0.394 e. The third-order valence-electron chi connectivity index (χ3n) is 4.96. The van der Waals surface area contributed by atoms with Gasteiger partial charge in [0.25, 0.3) is 0 Å². The van der Waals surface area contributed by atoms with Gasteiger partial charge in [-0.15, -0.1) is 0 Å². The molecule has 10 heteroatoms. The van der Waals surface area contributed by atoms with Gasteiger partial charge in [0.15, 0.2) is 12.6 Å². The minimum atomic E-state index is -1.20. The first-order valence-electron chi connectivity index (χ1n) is 9.14. The van der Waals surface area contributed by atoms with E-state index in [-0.39, 0.29) is 6.61 Å². The Kier molecular flexibility index (Phi) is 7.11. The summed E-state index contributed by atoms with van der Waals surface area (Å²) in [7, 11) is 0. The zero-order valence-corrected chi connectivity index (χ0v) is 18.4. The summed E-state index contributed by atoms with van der Waals surface area (Å²) in [5.74, 6) is 0. The van der Waals surface area contributed by atoms with Crippen LogP contribution in [-0.2, 0) is 18.9 Å². The fourth-order valence-electron chi connectivity index (χ4n) is 3.43. The highest BCUT2D eigenvalue weighted by atomic mass is 35.5. The van der Waals surface area contributed by atoms with E-state index >= 15 is 0 Å². The van der Waals surface area contributed by atoms with Crippen molar-refractivity contribution in [3.05, 3.63) is 67.6 Å². The Morgan fingerprint density at radius 2 is 1.43 bits per heavy atom. The maximum absolute atomic E-state index is 10.4. The van der Waals surface area contributed by atoms with Crippen LogP contribution in [0.5, 0.6) is 0 Å². The van der Waals surface area contributed by atoms with E-state index in [1.165, 1.54) is 0 Å². The van der Waals surface area contributed by atoms with E-state index in [4.69, 9.17) is 65.4 Å². The van der Waals surface area contributed by atoms with Gasteiger partial charge in [0, 0.05) is 11.1 Å². The van der Waals surface area contributed by atoms with Gasteiger partial charge in [0.05, 0.1) is 33.3 Å². The maximum atomic E-state index is 10.4. The minimum absolute atomic E-state index is 0.172. The third kappa shape index (κ3) is 4.59. The zero-order valence-electron chi connectivity index (χ0n) is 15.4. The first kappa shape index (κ1) is 22.6. The zero-order chi connectivity index (χ0) is 21.4. The van der Waals surface area contributed by atoms with E-state index in [1.807, 2.05) is 0 Å². The number of halogens is 4. The summed E-state index contributed by atoms with van der Waals surface area (Å²) in [5, 5.41) is 21.4. The van der Waals surface area contributed by atoms with Crippen molar-refractivity contribution in [1.82, 2.24) is 0 Å². The third-order valence-corrected chi connectivity index (χ3v) is 6.44. The molecule has 6 atom stereocenters. The highest BCUT2D eigenvalue weighted by Gasteiger charge is 2.48. The van der Waals surface area contributed by atoms with Crippen molar-refractivity contribution in [2.75, 3.05) is 13.2 Å². The van der Waals surface area contributed by atoms with Gasteiger partial charge in [-0.2, -0.15) is 0 Å². The molecule has 0 saturated carbocycles. The highest BCUT2D eigenvalue weighted by Crippen LogP contribution is 2.40. The second-order valence-electron chi connectivity index (χ2n) is 6.97. The molecule has 2 aromatic rings. The number of ether oxygens (including phenoxy) is 4. The van der Waals surface area contributed by atoms with Crippen molar-refractivity contribution in [1.29, 1.82) is 0 Å². The predicted molar refractivity (Wildman–Crippen MR) is 112 cm³/mol. The summed E-state index contributed by atoms with van der Waals surface area (Å²) in [5.41, 5.74) is 1.27. The number of rotatable bonds is 4. The number of hydrogen-bond acceptors (Lipinski definition) is 6. The van der Waals surface area contributed by atoms with Gasteiger partial charge in [0.1, 0.15) is 24.4 Å². The van der Waals surface area contributed by atoms with Crippen LogP contribution in [0.4, 0.5) is 0 Å². The molecule has 4 rings (SSSR count). The maximum Gasteiger partial charge on any atom is 0.185 e. The fraction of sp³-hybridized carbons (Fsp3) is 0.400. The average Bonchev–Trinajstić information content (AvgIpc) is 2.75. The normalized spacial score (nSPS) is 30.0. The van der Waals surface area contributed by atoms with Crippen molar-refractivity contribution in [3.8, 4) is 0 Å². The highest BCUT2D eigenvalue weighted by molar-refractivity contribution is 6.42. The number of aliphatic hydroxyl groups excluding tert-OH is 2. The Morgan fingerprint density at radius 1 is 0.833 bits per heavy atom. The van der Waals surface area contributed by atoms with Crippen molar-refractivity contribution < 1.29 is 29.2 Å². The SMILES string of the molecule is OC[C@@H](O)[C@H]1OC(c2ccc(Cl)c(Cl)c2)O[C@H]2COC(c3ccc(Cl)c(Cl)c3)O[C@@H]12. The van der Waals surface area contributed by atoms with Crippen LogP contribution >= 0.6 is 46.4 Å². The van der Waals surface area contributed by atoms with E-state index < -0.39 is 43.6 Å². The van der Waals surface area contributed by atoms with Crippen LogP contribution in [0.3, 0.4) is 0 Å². The van der Waals surface area contributed by atoms with E-state index in [1.54, 1.807) is 36.4 Å². The Balaban J connectivity index is 1.57. The molecule has 30 heavy (non-hydrogen) atoms. The molecule has 0 spiro atoms. The van der Waals surface area contributed by atoms with Crippen molar-refractivity contribution in [2.45, 2.75) is 37.0 Å². The minimum Gasteiger partial charge on any atom is -0.394 e. The van der Waals surface area contributed by atoms with Crippen LogP contribution in [0.2, 0.25) is 20.1 Å². The molecule has 6 nitrogen and oxygen atoms in total. The van der Waals surface area contributed by atoms with Gasteiger partial charge in [-0.3, -0.25) is 0 Å². The Bertz CT molecular complexity index is 911. The van der Waals surface area contributed by atoms with Crippen LogP contribution in [0.25, 0.3) is 0 Å². The summed E-state index contributed by atoms with van der Waals surface area (Å²) in [4.78, 5) is 0. The van der Waals surface area contributed by atoms with Gasteiger partial charge in [-0.05, 0) is 24.3 Å². The Hall–Kier alpha value is -0.640. The monoisotopic (exact) mass is 494 g/mol. The van der Waals surface area contributed by atoms with Gasteiger partial charge in [-0.25, -0.2) is 0 Å². The number of fused-ring (bicyclic) bond motifs is 1. The smallest absolute Gasteiger partial charge is 0.185 e. The van der Waals surface area contributed by atoms with Crippen molar-refractivity contribution in [2.24, 2.45) is 0 Å². The fourth-order valence-corrected chi connectivity index (χ4v) is 4.04. The predicted octanol–water partition coefficient (Wildman–Crippen LogP) is 4.55. The first-order valence-corrected chi connectivity index (χ1v) is 10.7. The summed E-state index contributed by atoms with van der Waals surface area (Å²) >= 11 is 24.2. The molecular formula is C20H18Cl4O6. The summed E-state index contributed by atoms with van der Waals surface area (Å²) < 4.78 is 23.8. The summed E-state index contributed by atoms with van der Waals surface area (Å²) in [6.45, 7) is -0.338. The lowest BCUT2D eigenvalue weighted by Crippen LogP contribution is -2.58. The quantitative estimate of drug-likeness (QED) is 0.647. The molecule has 0 radical (unpaired) electrons. The van der Waals surface area contributed by atoms with Crippen LogP contribution in [0.1, 0.15) is 23.7 Å². The lowest BCUT2D eigenvalue weighted by molar-refractivity contribution is -0.373. The second kappa shape index (κ2) is 9.46. The van der Waals surface area contributed by atoms with Crippen LogP contribution in [-0.4, -0.2) is 47.8 Å². The molecule has 2 saturated heterocycles. The number of benzene rings is 2. The standard InChI is InChI=1S/C20H18Cl4O6/c21-11-3-1-9(5-13(11)23)19-27-8-16-18(30-19)17(15(26)7-25)29-20(28-16)10-2-4-12(22)14(24)6-10/h1-6,15-20,25-26H,7-8H2/t15-,16+,17-,18-,19?,20?/m1/s1. The van der Waals surface area contributed by atoms with Gasteiger partial charge in [-0.1, -0.05) is 58.5 Å². The molecule has 2 heterocycles. The van der Waals surface area contributed by atoms with Crippen LogP contribution in [0, 0.1) is 0 Å². The second-order valence-corrected chi connectivity index (χ2v) is 8.60. The molecule has 2 aromatic carbocycles. The Morgan fingerprint density at radius 3 is 2.00 bits per heavy atom. The number of hydrogen-bond donors (Lipinski definition) is 2. The van der Waals surface area contributed by atoms with Gasteiger partial charge < -0.3 is 29.2 Å². The molecular weight excluding hydrogens is 478 g/mol. The molecule has 2 N–H and O–H groups in total. The van der Waals surface area contributed by atoms with Crippen LogP contribution < -0.4 is 0 Å². The molecule has 0 amide bonds. The molecule has 0 bridgehead atoms. The average molecular weight is 496 g/mol. The van der Waals surface area contributed by atoms with E-state index in [9.17, 15) is 10.2 Å². The van der Waals surface area contributed by atoms with Crippen molar-refractivity contribution >= 4 is 46.4 Å². The van der Waals surface area contributed by atoms with Crippen molar-refractivity contribution in [3.63, 3.8) is 0 Å². The summed E-state index contributed by atoms with van der Waals surface area (Å²) in [6.07, 6.45) is -4.92. The molecule has 0 aromatic heterocycles. The summed E-state index contributed by atoms with van der Waals surface area (Å²) in [6, 6.07) is 10.00. The topological polar surface area (TPSA) is 77.4 Å². The van der Waals surface area contributed by atoms with E-state index in [2.05, 4.69) is 0 Å². The lowest BCUT2D eigenvalue weighted by atomic mass is 9.99. The number of aliphatic hydroxyl groups is 2. The first-order chi connectivity index (χ1) is 14.4. The molecule has 2 aliphatic heterocycles. The molecule has 2 aliphatic rings. The van der Waals surface area contributed by atoms with E-state index in [0.717, 1.165) is 0 Å². The van der Waals surface area contributed by atoms with E-state index in [0.29, 0.717) is 31.2 Å². The Labute approximate surface area is 193 Å². The molecule has 2 unspecified atom stereocenters. The van der Waals surface area contributed by atoms with Gasteiger partial charge >= 0.3 is 0 Å².